The number of nitrogens with two attached hydrogens (primary N) is 1. The number of rotatable bonds is 11. The first-order valence-corrected chi connectivity index (χ1v) is 15.6. The van der Waals surface area contributed by atoms with Gasteiger partial charge < -0.3 is 26.2 Å². The van der Waals surface area contributed by atoms with Gasteiger partial charge in [-0.05, 0) is 35.2 Å². The van der Waals surface area contributed by atoms with Gasteiger partial charge in [-0.2, -0.15) is 0 Å². The molecule has 10 nitrogen and oxygen atoms in total. The van der Waals surface area contributed by atoms with Gasteiger partial charge in [0.1, 0.15) is 6.04 Å². The number of benzene rings is 2. The van der Waals surface area contributed by atoms with Gasteiger partial charge in [-0.3, -0.25) is 14.4 Å². The highest BCUT2D eigenvalue weighted by Crippen LogP contribution is 2.25. The van der Waals surface area contributed by atoms with E-state index in [1.165, 1.54) is 4.90 Å². The summed E-state index contributed by atoms with van der Waals surface area (Å²) in [5.41, 5.74) is 8.04. The minimum Gasteiger partial charge on any atom is -0.350 e. The number of carbonyl (C=O) groups is 3. The second-order valence-electron chi connectivity index (χ2n) is 10.2. The lowest BCUT2D eigenvalue weighted by Gasteiger charge is -2.41. The third-order valence-corrected chi connectivity index (χ3v) is 9.29. The molecule has 0 unspecified atom stereocenters. The average molecular weight is 590 g/mol. The molecule has 2 aliphatic rings. The summed E-state index contributed by atoms with van der Waals surface area (Å²) >= 11 is 6.10. The number of halogens is 1. The Morgan fingerprint density at radius 1 is 1.05 bits per heavy atom. The number of piperazine rings is 1. The first kappa shape index (κ1) is 30.0. The second kappa shape index (κ2) is 13.6. The standard InChI is InChI=1S/C28H36ClN5O5S/c29-24-7-6-21(16-30)22(14-24)17-32-27(36)25-8-11-34(25)28(37)23(15-26(35)33-12-9-31-10-13-33)19-40(38,39)18-20-4-2-1-3-5-20/h1-7,14,23,25,31H,8-13,15-19,30H2,(H,32,36)/t23-,25-/m0/s1. The predicted molar refractivity (Wildman–Crippen MR) is 153 cm³/mol. The maximum atomic E-state index is 13.7. The van der Waals surface area contributed by atoms with Crippen molar-refractivity contribution in [3.8, 4) is 0 Å². The van der Waals surface area contributed by atoms with Crippen molar-refractivity contribution >= 4 is 39.2 Å². The fourth-order valence-corrected chi connectivity index (χ4v) is 6.97. The topological polar surface area (TPSA) is 142 Å². The summed E-state index contributed by atoms with van der Waals surface area (Å²) in [7, 11) is -3.72. The highest BCUT2D eigenvalue weighted by Gasteiger charge is 2.42. The van der Waals surface area contributed by atoms with Crippen LogP contribution in [0.3, 0.4) is 0 Å². The smallest absolute Gasteiger partial charge is 0.243 e. The first-order valence-electron chi connectivity index (χ1n) is 13.5. The normalized spacial score (nSPS) is 18.1. The number of amides is 3. The lowest BCUT2D eigenvalue weighted by molar-refractivity contribution is -0.151. The van der Waals surface area contributed by atoms with Crippen molar-refractivity contribution in [2.75, 3.05) is 38.5 Å². The summed E-state index contributed by atoms with van der Waals surface area (Å²) in [5, 5.41) is 6.55. The average Bonchev–Trinajstić information content (AvgIpc) is 2.91. The molecule has 0 spiro atoms. The molecule has 0 radical (unpaired) electrons. The molecule has 0 bridgehead atoms. The summed E-state index contributed by atoms with van der Waals surface area (Å²) in [6.07, 6.45) is 0.228. The molecule has 0 aromatic heterocycles. The maximum Gasteiger partial charge on any atom is 0.243 e. The van der Waals surface area contributed by atoms with Crippen molar-refractivity contribution in [3.05, 3.63) is 70.2 Å². The molecule has 0 saturated carbocycles. The molecule has 4 N–H and O–H groups in total. The van der Waals surface area contributed by atoms with Crippen LogP contribution in [0.15, 0.2) is 48.5 Å². The zero-order valence-electron chi connectivity index (χ0n) is 22.4. The van der Waals surface area contributed by atoms with Crippen molar-refractivity contribution in [2.24, 2.45) is 11.7 Å². The fourth-order valence-electron chi connectivity index (χ4n) is 5.08. The third kappa shape index (κ3) is 7.81. The highest BCUT2D eigenvalue weighted by atomic mass is 35.5. The van der Waals surface area contributed by atoms with Gasteiger partial charge >= 0.3 is 0 Å². The Bertz CT molecular complexity index is 1320. The quantitative estimate of drug-likeness (QED) is 0.356. The van der Waals surface area contributed by atoms with Crippen LogP contribution in [0.5, 0.6) is 0 Å². The van der Waals surface area contributed by atoms with Crippen molar-refractivity contribution in [2.45, 2.75) is 37.7 Å². The zero-order chi connectivity index (χ0) is 28.7. The number of likely N-dealkylation sites (tertiary alicyclic amines) is 1. The summed E-state index contributed by atoms with van der Waals surface area (Å²) in [6, 6.07) is 13.3. The van der Waals surface area contributed by atoms with Gasteiger partial charge in [0, 0.05) is 57.3 Å². The minimum absolute atomic E-state index is 0.195. The molecular weight excluding hydrogens is 554 g/mol. The van der Waals surface area contributed by atoms with E-state index in [-0.39, 0.29) is 37.1 Å². The molecule has 2 aromatic rings. The number of nitrogens with one attached hydrogen (secondary N) is 2. The lowest BCUT2D eigenvalue weighted by atomic mass is 9.96. The first-order chi connectivity index (χ1) is 19.2. The van der Waals surface area contributed by atoms with Crippen LogP contribution in [0.4, 0.5) is 0 Å². The Balaban J connectivity index is 1.45. The SMILES string of the molecule is NCc1ccc(Cl)cc1CNC(=O)[C@@H]1CCN1C(=O)[C@@H](CC(=O)N1CCNCC1)CS(=O)(=O)Cc1ccccc1. The van der Waals surface area contributed by atoms with E-state index >= 15 is 0 Å². The van der Waals surface area contributed by atoms with E-state index in [2.05, 4.69) is 10.6 Å². The van der Waals surface area contributed by atoms with Crippen LogP contribution < -0.4 is 16.4 Å². The van der Waals surface area contributed by atoms with Crippen LogP contribution in [-0.4, -0.2) is 80.5 Å². The van der Waals surface area contributed by atoms with Crippen LogP contribution in [0, 0.1) is 5.92 Å². The van der Waals surface area contributed by atoms with Gasteiger partial charge in [-0.15, -0.1) is 0 Å². The largest absolute Gasteiger partial charge is 0.350 e. The van der Waals surface area contributed by atoms with Gasteiger partial charge in [0.2, 0.25) is 17.7 Å². The maximum absolute atomic E-state index is 13.7. The molecule has 4 rings (SSSR count). The Morgan fingerprint density at radius 2 is 1.77 bits per heavy atom. The van der Waals surface area contributed by atoms with Crippen LogP contribution in [0.2, 0.25) is 5.02 Å². The summed E-state index contributed by atoms with van der Waals surface area (Å²) < 4.78 is 26.3. The van der Waals surface area contributed by atoms with Crippen molar-refractivity contribution in [1.29, 1.82) is 0 Å². The number of sulfone groups is 1. The van der Waals surface area contributed by atoms with E-state index in [4.69, 9.17) is 17.3 Å². The van der Waals surface area contributed by atoms with Crippen molar-refractivity contribution in [3.63, 3.8) is 0 Å². The van der Waals surface area contributed by atoms with Crippen LogP contribution in [0.25, 0.3) is 0 Å². The van der Waals surface area contributed by atoms with E-state index in [0.29, 0.717) is 49.7 Å². The number of carbonyl (C=O) groups excluding carboxylic acids is 3. The van der Waals surface area contributed by atoms with Crippen LogP contribution in [0.1, 0.15) is 29.5 Å². The molecule has 2 saturated heterocycles. The lowest BCUT2D eigenvalue weighted by Crippen LogP contribution is -2.60. The van der Waals surface area contributed by atoms with Crippen LogP contribution in [-0.2, 0) is 43.1 Å². The minimum atomic E-state index is -3.72. The monoisotopic (exact) mass is 589 g/mol. The number of nitrogens with zero attached hydrogens (tertiary/aromatic N) is 2. The Labute approximate surface area is 240 Å². The molecule has 2 heterocycles. The van der Waals surface area contributed by atoms with E-state index < -0.39 is 33.5 Å². The zero-order valence-corrected chi connectivity index (χ0v) is 23.9. The molecular formula is C28H36ClN5O5S. The predicted octanol–water partition coefficient (Wildman–Crippen LogP) is 1.07. The third-order valence-electron chi connectivity index (χ3n) is 7.37. The molecule has 2 fully saturated rings. The second-order valence-corrected chi connectivity index (χ2v) is 12.8. The fraction of sp³-hybridized carbons (Fsp3) is 0.464. The molecule has 216 valence electrons. The van der Waals surface area contributed by atoms with Gasteiger partial charge in [0.15, 0.2) is 9.84 Å². The number of hydrogen-bond donors (Lipinski definition) is 3. The molecule has 12 heteroatoms. The molecule has 40 heavy (non-hydrogen) atoms. The van der Waals surface area contributed by atoms with Gasteiger partial charge in [0.05, 0.1) is 17.4 Å². The summed E-state index contributed by atoms with van der Waals surface area (Å²) in [5.74, 6) is -2.87. The summed E-state index contributed by atoms with van der Waals surface area (Å²) in [6.45, 7) is 3.09. The van der Waals surface area contributed by atoms with E-state index in [0.717, 1.165) is 11.1 Å². The summed E-state index contributed by atoms with van der Waals surface area (Å²) in [4.78, 5) is 42.8. The molecule has 2 aromatic carbocycles. The van der Waals surface area contributed by atoms with Crippen molar-refractivity contribution in [1.82, 2.24) is 20.4 Å². The van der Waals surface area contributed by atoms with Gasteiger partial charge in [-0.25, -0.2) is 8.42 Å². The van der Waals surface area contributed by atoms with Gasteiger partial charge in [-0.1, -0.05) is 48.0 Å². The Hall–Kier alpha value is -2.99. The van der Waals surface area contributed by atoms with E-state index in [9.17, 15) is 22.8 Å². The van der Waals surface area contributed by atoms with Crippen LogP contribution >= 0.6 is 11.6 Å². The Morgan fingerprint density at radius 3 is 2.42 bits per heavy atom. The number of hydrogen-bond acceptors (Lipinski definition) is 7. The van der Waals surface area contributed by atoms with Gasteiger partial charge in [0.25, 0.3) is 0 Å². The molecule has 0 aliphatic carbocycles. The van der Waals surface area contributed by atoms with E-state index in [1.807, 2.05) is 0 Å². The van der Waals surface area contributed by atoms with E-state index in [1.54, 1.807) is 53.4 Å². The highest BCUT2D eigenvalue weighted by molar-refractivity contribution is 7.90. The molecule has 2 aliphatic heterocycles. The Kier molecular flexibility index (Phi) is 10.2. The molecule has 3 amide bonds. The molecule has 2 atom stereocenters. The van der Waals surface area contributed by atoms with Crippen molar-refractivity contribution < 1.29 is 22.8 Å².